The maximum Gasteiger partial charge on any atom is 0.311 e. The fourth-order valence-corrected chi connectivity index (χ4v) is 2.78. The van der Waals surface area contributed by atoms with Gasteiger partial charge in [0.15, 0.2) is 11.6 Å². The third-order valence-electron chi connectivity index (χ3n) is 4.34. The van der Waals surface area contributed by atoms with Crippen LogP contribution >= 0.6 is 0 Å². The summed E-state index contributed by atoms with van der Waals surface area (Å²) in [4.78, 5) is 15.0. The van der Waals surface area contributed by atoms with E-state index in [0.717, 1.165) is 30.5 Å². The quantitative estimate of drug-likeness (QED) is 0.343. The van der Waals surface area contributed by atoms with Gasteiger partial charge in [0, 0.05) is 24.6 Å². The van der Waals surface area contributed by atoms with E-state index >= 15 is 0 Å². The van der Waals surface area contributed by atoms with Crippen molar-refractivity contribution in [2.45, 2.75) is 26.3 Å². The molecule has 0 aliphatic heterocycles. The molecule has 3 rings (SSSR count). The number of nitro groups is 1. The molecule has 0 aliphatic carbocycles. The number of hydrogen-bond donors (Lipinski definition) is 1. The van der Waals surface area contributed by atoms with Gasteiger partial charge in [-0.05, 0) is 42.3 Å². The number of hydrogen-bond acceptors (Lipinski definition) is 7. The largest absolute Gasteiger partial charge is 0.490 e. The van der Waals surface area contributed by atoms with E-state index in [0.29, 0.717) is 18.3 Å². The van der Waals surface area contributed by atoms with Gasteiger partial charge in [-0.25, -0.2) is 0 Å². The van der Waals surface area contributed by atoms with Gasteiger partial charge in [-0.15, -0.1) is 0 Å². The molecule has 0 saturated heterocycles. The molecule has 2 aromatic carbocycles. The highest BCUT2D eigenvalue weighted by atomic mass is 16.6. The van der Waals surface area contributed by atoms with E-state index in [1.165, 1.54) is 18.7 Å². The molecule has 0 aliphatic rings. The van der Waals surface area contributed by atoms with Crippen LogP contribution in [0.2, 0.25) is 0 Å². The Morgan fingerprint density at radius 2 is 1.93 bits per heavy atom. The zero-order chi connectivity index (χ0) is 19.9. The fraction of sp³-hybridized carbons (Fsp3) is 0.300. The fourth-order valence-electron chi connectivity index (χ4n) is 2.78. The van der Waals surface area contributed by atoms with Gasteiger partial charge in [-0.2, -0.15) is 4.98 Å². The summed E-state index contributed by atoms with van der Waals surface area (Å²) in [6.07, 6.45) is 1.58. The molecule has 8 heteroatoms. The summed E-state index contributed by atoms with van der Waals surface area (Å²) in [6, 6.07) is 13.0. The Kier molecular flexibility index (Phi) is 6.33. The van der Waals surface area contributed by atoms with E-state index in [1.54, 1.807) is 6.07 Å². The number of nitrogens with one attached hydrogen (secondary N) is 1. The second-order valence-corrected chi connectivity index (χ2v) is 6.26. The van der Waals surface area contributed by atoms with Gasteiger partial charge in [0.1, 0.15) is 0 Å². The predicted molar refractivity (Wildman–Crippen MR) is 104 cm³/mol. The van der Waals surface area contributed by atoms with Gasteiger partial charge in [-0.1, -0.05) is 30.3 Å². The van der Waals surface area contributed by atoms with Crippen LogP contribution in [0, 0.1) is 10.1 Å². The number of nitro benzene ring substituents is 1. The average molecular weight is 382 g/mol. The van der Waals surface area contributed by atoms with E-state index < -0.39 is 4.92 Å². The Morgan fingerprint density at radius 3 is 2.57 bits per heavy atom. The molecule has 0 unspecified atom stereocenters. The number of ether oxygens (including phenoxy) is 1. The molecule has 146 valence electrons. The first kappa shape index (κ1) is 19.5. The highest BCUT2D eigenvalue weighted by Gasteiger charge is 2.14. The molecule has 0 saturated carbocycles. The van der Waals surface area contributed by atoms with Crippen LogP contribution in [0.25, 0.3) is 11.5 Å². The van der Waals surface area contributed by atoms with Crippen molar-refractivity contribution in [1.82, 2.24) is 15.5 Å². The van der Waals surface area contributed by atoms with Crippen molar-refractivity contribution in [1.29, 1.82) is 0 Å². The number of aromatic nitrogens is 2. The maximum atomic E-state index is 11.1. The number of rotatable bonds is 9. The van der Waals surface area contributed by atoms with Crippen molar-refractivity contribution in [2.75, 3.05) is 13.7 Å². The molecule has 0 atom stereocenters. The van der Waals surface area contributed by atoms with Crippen LogP contribution in [-0.4, -0.2) is 28.7 Å². The summed E-state index contributed by atoms with van der Waals surface area (Å²) in [6.45, 7) is 3.28. The van der Waals surface area contributed by atoms with Crippen molar-refractivity contribution in [3.05, 3.63) is 69.5 Å². The highest BCUT2D eigenvalue weighted by Crippen LogP contribution is 2.27. The van der Waals surface area contributed by atoms with Crippen molar-refractivity contribution < 1.29 is 14.2 Å². The minimum atomic E-state index is -0.434. The standard InChI is InChI=1S/C20H22N4O4/c1-3-19-22-20(28-23-19)16-7-4-14(5-8-16)10-11-21-13-15-6-9-18(27-2)17(12-15)24(25)26/h4-9,12,21H,3,10-11,13H2,1-2H3. The molecule has 0 fully saturated rings. The summed E-state index contributed by atoms with van der Waals surface area (Å²) in [5, 5.41) is 18.3. The lowest BCUT2D eigenvalue weighted by Gasteiger charge is -2.07. The second-order valence-electron chi connectivity index (χ2n) is 6.26. The van der Waals surface area contributed by atoms with Crippen LogP contribution in [0.5, 0.6) is 5.75 Å². The lowest BCUT2D eigenvalue weighted by atomic mass is 10.1. The summed E-state index contributed by atoms with van der Waals surface area (Å²) < 4.78 is 10.3. The number of aryl methyl sites for hydroxylation is 1. The van der Waals surface area contributed by atoms with Crippen LogP contribution in [0.3, 0.4) is 0 Å². The highest BCUT2D eigenvalue weighted by molar-refractivity contribution is 5.53. The molecule has 0 bridgehead atoms. The zero-order valence-corrected chi connectivity index (χ0v) is 15.8. The minimum absolute atomic E-state index is 0.0235. The SMILES string of the molecule is CCc1noc(-c2ccc(CCNCc3ccc(OC)c([N+](=O)[O-])c3)cc2)n1. The van der Waals surface area contributed by atoms with Crippen LogP contribution in [0.15, 0.2) is 47.0 Å². The Labute approximate surface area is 162 Å². The van der Waals surface area contributed by atoms with Gasteiger partial charge in [0.25, 0.3) is 5.89 Å². The number of nitrogens with zero attached hydrogens (tertiary/aromatic N) is 3. The Bertz CT molecular complexity index is 938. The van der Waals surface area contributed by atoms with E-state index in [1.807, 2.05) is 37.3 Å². The number of methoxy groups -OCH3 is 1. The molecular formula is C20H22N4O4. The molecule has 1 heterocycles. The van der Waals surface area contributed by atoms with Crippen molar-refractivity contribution in [3.8, 4) is 17.2 Å². The van der Waals surface area contributed by atoms with Crippen molar-refractivity contribution in [2.24, 2.45) is 0 Å². The lowest BCUT2D eigenvalue weighted by molar-refractivity contribution is -0.385. The molecule has 1 aromatic heterocycles. The first-order valence-electron chi connectivity index (χ1n) is 9.04. The van der Waals surface area contributed by atoms with Crippen LogP contribution in [-0.2, 0) is 19.4 Å². The van der Waals surface area contributed by atoms with Crippen LogP contribution in [0.1, 0.15) is 23.9 Å². The Morgan fingerprint density at radius 1 is 1.18 bits per heavy atom. The third-order valence-corrected chi connectivity index (χ3v) is 4.34. The van der Waals surface area contributed by atoms with Gasteiger partial charge in [0.05, 0.1) is 12.0 Å². The molecule has 0 radical (unpaired) electrons. The van der Waals surface area contributed by atoms with E-state index in [2.05, 4.69) is 15.5 Å². The zero-order valence-electron chi connectivity index (χ0n) is 15.8. The van der Waals surface area contributed by atoms with E-state index in [4.69, 9.17) is 9.26 Å². The Hall–Kier alpha value is -3.26. The van der Waals surface area contributed by atoms with Crippen LogP contribution < -0.4 is 10.1 Å². The molecular weight excluding hydrogens is 360 g/mol. The smallest absolute Gasteiger partial charge is 0.311 e. The van der Waals surface area contributed by atoms with Gasteiger partial charge in [0.2, 0.25) is 0 Å². The molecule has 3 aromatic rings. The normalized spacial score (nSPS) is 10.8. The Balaban J connectivity index is 1.51. The molecule has 0 spiro atoms. The first-order valence-corrected chi connectivity index (χ1v) is 9.04. The van der Waals surface area contributed by atoms with E-state index in [9.17, 15) is 10.1 Å². The van der Waals surface area contributed by atoms with Crippen LogP contribution in [0.4, 0.5) is 5.69 Å². The maximum absolute atomic E-state index is 11.1. The summed E-state index contributed by atoms with van der Waals surface area (Å²) >= 11 is 0. The first-order chi connectivity index (χ1) is 13.6. The lowest BCUT2D eigenvalue weighted by Crippen LogP contribution is -2.16. The topological polar surface area (TPSA) is 103 Å². The summed E-state index contributed by atoms with van der Waals surface area (Å²) in [7, 11) is 1.42. The van der Waals surface area contributed by atoms with Crippen molar-refractivity contribution >= 4 is 5.69 Å². The second kappa shape index (κ2) is 9.09. The van der Waals surface area contributed by atoms with Gasteiger partial charge in [-0.3, -0.25) is 10.1 Å². The summed E-state index contributed by atoms with van der Waals surface area (Å²) in [5.41, 5.74) is 2.89. The monoisotopic (exact) mass is 382 g/mol. The predicted octanol–water partition coefficient (Wildman–Crippen LogP) is 3.55. The van der Waals surface area contributed by atoms with Crippen molar-refractivity contribution in [3.63, 3.8) is 0 Å². The van der Waals surface area contributed by atoms with E-state index in [-0.39, 0.29) is 11.4 Å². The average Bonchev–Trinajstić information content (AvgIpc) is 3.21. The molecule has 0 amide bonds. The van der Waals surface area contributed by atoms with Gasteiger partial charge >= 0.3 is 5.69 Å². The summed E-state index contributed by atoms with van der Waals surface area (Å²) in [5.74, 6) is 1.49. The van der Waals surface area contributed by atoms with Gasteiger partial charge < -0.3 is 14.6 Å². The molecule has 8 nitrogen and oxygen atoms in total. The molecule has 28 heavy (non-hydrogen) atoms. The number of benzene rings is 2. The minimum Gasteiger partial charge on any atom is -0.490 e. The third kappa shape index (κ3) is 4.72. The molecule has 1 N–H and O–H groups in total.